The molecule has 0 aromatic heterocycles. The molecular formula is C5H8NOS. The molecule has 0 aliphatic carbocycles. The molecule has 0 unspecified atom stereocenters. The van der Waals surface area contributed by atoms with Crippen molar-refractivity contribution < 1.29 is 4.79 Å². The number of hydrogen-bond donors (Lipinski definition) is 1. The monoisotopic (exact) mass is 130 g/mol. The van der Waals surface area contributed by atoms with Crippen LogP contribution in [0.5, 0.6) is 0 Å². The topological polar surface area (TPSA) is 29.1 Å². The van der Waals surface area contributed by atoms with Crippen molar-refractivity contribution in [3.05, 3.63) is 6.42 Å². The molecule has 1 aliphatic rings. The van der Waals surface area contributed by atoms with Crippen LogP contribution >= 0.6 is 11.9 Å². The molecule has 0 saturated carbocycles. The van der Waals surface area contributed by atoms with Crippen molar-refractivity contribution in [3.63, 3.8) is 0 Å². The van der Waals surface area contributed by atoms with Crippen LogP contribution in [0.4, 0.5) is 0 Å². The van der Waals surface area contributed by atoms with Crippen LogP contribution in [0.1, 0.15) is 6.42 Å². The van der Waals surface area contributed by atoms with Gasteiger partial charge in [0.1, 0.15) is 5.78 Å². The molecule has 1 rings (SSSR count). The molecule has 0 aromatic rings. The van der Waals surface area contributed by atoms with Gasteiger partial charge in [0.25, 0.3) is 0 Å². The van der Waals surface area contributed by atoms with Gasteiger partial charge in [-0.2, -0.15) is 0 Å². The zero-order valence-electron chi connectivity index (χ0n) is 4.52. The van der Waals surface area contributed by atoms with E-state index in [0.29, 0.717) is 6.42 Å². The average Bonchev–Trinajstić information content (AvgIpc) is 1.94. The Hall–Kier alpha value is -0.0200. The maximum atomic E-state index is 10.6. The van der Waals surface area contributed by atoms with Gasteiger partial charge in [0.15, 0.2) is 0 Å². The van der Waals surface area contributed by atoms with Gasteiger partial charge in [-0.15, -0.1) is 0 Å². The summed E-state index contributed by atoms with van der Waals surface area (Å²) in [6.07, 6.45) is 2.39. The number of carbonyl (C=O) groups excluding carboxylic acids is 1. The first-order valence-electron chi connectivity index (χ1n) is 2.60. The molecule has 1 N–H and O–H groups in total. The SMILES string of the molecule is O=C1[CH]CNSCC1. The number of carbonyl (C=O) groups is 1. The fraction of sp³-hybridized carbons (Fsp3) is 0.600. The van der Waals surface area contributed by atoms with Gasteiger partial charge in [-0.1, -0.05) is 11.9 Å². The number of Topliss-reactive ketones (excluding diaryl/α,β-unsaturated/α-hetero) is 1. The largest absolute Gasteiger partial charge is 0.299 e. The van der Waals surface area contributed by atoms with Crippen LogP contribution in [0, 0.1) is 6.42 Å². The van der Waals surface area contributed by atoms with Gasteiger partial charge in [0.05, 0.1) is 0 Å². The Morgan fingerprint density at radius 1 is 1.75 bits per heavy atom. The molecule has 3 heteroatoms. The molecule has 0 aromatic carbocycles. The van der Waals surface area contributed by atoms with E-state index in [0.717, 1.165) is 12.3 Å². The highest BCUT2D eigenvalue weighted by molar-refractivity contribution is 7.97. The lowest BCUT2D eigenvalue weighted by Gasteiger charge is -1.90. The first-order valence-corrected chi connectivity index (χ1v) is 3.59. The van der Waals surface area contributed by atoms with Gasteiger partial charge < -0.3 is 0 Å². The van der Waals surface area contributed by atoms with Crippen molar-refractivity contribution in [2.24, 2.45) is 0 Å². The van der Waals surface area contributed by atoms with E-state index in [1.165, 1.54) is 0 Å². The van der Waals surface area contributed by atoms with Crippen molar-refractivity contribution in [2.75, 3.05) is 12.3 Å². The van der Waals surface area contributed by atoms with Crippen LogP contribution in [-0.4, -0.2) is 18.1 Å². The minimum atomic E-state index is 0.266. The maximum Gasteiger partial charge on any atom is 0.138 e. The average molecular weight is 130 g/mol. The minimum Gasteiger partial charge on any atom is -0.299 e. The van der Waals surface area contributed by atoms with Gasteiger partial charge in [-0.05, 0) is 0 Å². The van der Waals surface area contributed by atoms with Gasteiger partial charge >= 0.3 is 0 Å². The van der Waals surface area contributed by atoms with Crippen molar-refractivity contribution in [1.29, 1.82) is 0 Å². The highest BCUT2D eigenvalue weighted by Crippen LogP contribution is 2.03. The fourth-order valence-electron chi connectivity index (χ4n) is 0.540. The van der Waals surface area contributed by atoms with Gasteiger partial charge in [-0.25, -0.2) is 0 Å². The number of ketones is 1. The summed E-state index contributed by atoms with van der Waals surface area (Å²) in [5.41, 5.74) is 0. The zero-order valence-corrected chi connectivity index (χ0v) is 5.33. The maximum absolute atomic E-state index is 10.6. The van der Waals surface area contributed by atoms with E-state index in [1.807, 2.05) is 0 Å². The third kappa shape index (κ3) is 1.84. The van der Waals surface area contributed by atoms with Crippen LogP contribution in [0.15, 0.2) is 0 Å². The molecular weight excluding hydrogens is 122 g/mol. The summed E-state index contributed by atoms with van der Waals surface area (Å²) < 4.78 is 3.02. The molecule has 1 heterocycles. The summed E-state index contributed by atoms with van der Waals surface area (Å²) in [4.78, 5) is 10.6. The van der Waals surface area contributed by atoms with E-state index >= 15 is 0 Å². The summed E-state index contributed by atoms with van der Waals surface area (Å²) >= 11 is 1.62. The summed E-state index contributed by atoms with van der Waals surface area (Å²) in [6, 6.07) is 0. The Morgan fingerprint density at radius 3 is 3.50 bits per heavy atom. The molecule has 45 valence electrons. The van der Waals surface area contributed by atoms with Crippen LogP contribution in [-0.2, 0) is 4.79 Å². The summed E-state index contributed by atoms with van der Waals surface area (Å²) in [7, 11) is 0. The van der Waals surface area contributed by atoms with Gasteiger partial charge in [-0.3, -0.25) is 9.52 Å². The van der Waals surface area contributed by atoms with E-state index in [1.54, 1.807) is 18.4 Å². The van der Waals surface area contributed by atoms with Crippen LogP contribution in [0.25, 0.3) is 0 Å². The molecule has 1 saturated heterocycles. The van der Waals surface area contributed by atoms with Crippen LogP contribution in [0.3, 0.4) is 0 Å². The highest BCUT2D eigenvalue weighted by Gasteiger charge is 2.05. The minimum absolute atomic E-state index is 0.266. The lowest BCUT2D eigenvalue weighted by molar-refractivity contribution is -0.115. The van der Waals surface area contributed by atoms with Crippen molar-refractivity contribution in [3.8, 4) is 0 Å². The third-order valence-electron chi connectivity index (χ3n) is 0.966. The van der Waals surface area contributed by atoms with Gasteiger partial charge in [0, 0.05) is 25.1 Å². The Labute approximate surface area is 53.2 Å². The van der Waals surface area contributed by atoms with Gasteiger partial charge in [0.2, 0.25) is 0 Å². The Balaban J connectivity index is 2.27. The van der Waals surface area contributed by atoms with Crippen LogP contribution < -0.4 is 4.72 Å². The lowest BCUT2D eigenvalue weighted by atomic mass is 10.2. The molecule has 0 spiro atoms. The second kappa shape index (κ2) is 3.10. The normalized spacial score (nSPS) is 22.8. The Morgan fingerprint density at radius 2 is 2.62 bits per heavy atom. The van der Waals surface area contributed by atoms with Crippen molar-refractivity contribution >= 4 is 17.7 Å². The van der Waals surface area contributed by atoms with E-state index < -0.39 is 0 Å². The summed E-state index contributed by atoms with van der Waals surface area (Å²) in [5, 5.41) is 0. The lowest BCUT2D eigenvalue weighted by Crippen LogP contribution is -2.06. The molecule has 0 amide bonds. The van der Waals surface area contributed by atoms with E-state index in [-0.39, 0.29) is 5.78 Å². The number of hydrogen-bond acceptors (Lipinski definition) is 3. The quantitative estimate of drug-likeness (QED) is 0.481. The summed E-state index contributed by atoms with van der Waals surface area (Å²) in [5.74, 6) is 1.18. The fourth-order valence-corrected chi connectivity index (χ4v) is 1.19. The number of nitrogens with one attached hydrogen (secondary N) is 1. The third-order valence-corrected chi connectivity index (χ3v) is 1.74. The number of rotatable bonds is 0. The van der Waals surface area contributed by atoms with Crippen LogP contribution in [0.2, 0.25) is 0 Å². The van der Waals surface area contributed by atoms with E-state index in [2.05, 4.69) is 4.72 Å². The zero-order chi connectivity index (χ0) is 5.82. The molecule has 1 aliphatic heterocycles. The molecule has 1 fully saturated rings. The smallest absolute Gasteiger partial charge is 0.138 e. The second-order valence-corrected chi connectivity index (χ2v) is 2.60. The highest BCUT2D eigenvalue weighted by atomic mass is 32.2. The first kappa shape index (κ1) is 6.11. The molecule has 0 atom stereocenters. The molecule has 1 radical (unpaired) electrons. The first-order chi connectivity index (χ1) is 3.89. The predicted octanol–water partition coefficient (Wildman–Crippen LogP) is 0.401. The van der Waals surface area contributed by atoms with Crippen molar-refractivity contribution in [2.45, 2.75) is 6.42 Å². The Bertz CT molecular complexity index is 84.4. The standard InChI is InChI=1S/C5H8NOS/c7-5-1-3-6-8-4-2-5/h1,6H,2-4H2. The second-order valence-electron chi connectivity index (χ2n) is 1.62. The molecule has 2 nitrogen and oxygen atoms in total. The van der Waals surface area contributed by atoms with E-state index in [9.17, 15) is 4.79 Å². The summed E-state index contributed by atoms with van der Waals surface area (Å²) in [6.45, 7) is 0.726. The molecule has 0 bridgehead atoms. The predicted molar refractivity (Wildman–Crippen MR) is 34.4 cm³/mol. The Kier molecular flexibility index (Phi) is 2.36. The van der Waals surface area contributed by atoms with E-state index in [4.69, 9.17) is 0 Å². The molecule has 8 heavy (non-hydrogen) atoms. The van der Waals surface area contributed by atoms with Crippen molar-refractivity contribution in [1.82, 2.24) is 4.72 Å².